The van der Waals surface area contributed by atoms with Crippen molar-refractivity contribution >= 4 is 11.3 Å². The van der Waals surface area contributed by atoms with Gasteiger partial charge in [-0.25, -0.2) is 4.98 Å². The monoisotopic (exact) mass is 281 g/mol. The van der Waals surface area contributed by atoms with Crippen LogP contribution in [0.3, 0.4) is 0 Å². The number of rotatable bonds is 4. The van der Waals surface area contributed by atoms with Crippen LogP contribution in [0.15, 0.2) is 60.2 Å². The fraction of sp³-hybridized carbons (Fsp3) is 0.125. The van der Waals surface area contributed by atoms with Gasteiger partial charge in [-0.2, -0.15) is 0 Å². The summed E-state index contributed by atoms with van der Waals surface area (Å²) in [5.41, 5.74) is 9.52. The van der Waals surface area contributed by atoms with Crippen molar-refractivity contribution in [2.24, 2.45) is 5.73 Å². The quantitative estimate of drug-likeness (QED) is 0.797. The largest absolute Gasteiger partial charge is 0.324 e. The van der Waals surface area contributed by atoms with Gasteiger partial charge < -0.3 is 5.73 Å². The summed E-state index contributed by atoms with van der Waals surface area (Å²) in [6, 6.07) is 14.1. The molecule has 1 atom stereocenters. The Kier molecular flexibility index (Phi) is 3.85. The Morgan fingerprint density at radius 3 is 2.55 bits per heavy atom. The molecule has 0 aliphatic heterocycles. The molecule has 0 aliphatic rings. The van der Waals surface area contributed by atoms with Gasteiger partial charge in [0.05, 0.1) is 5.69 Å². The van der Waals surface area contributed by atoms with E-state index in [0.717, 1.165) is 28.2 Å². The van der Waals surface area contributed by atoms with Gasteiger partial charge in [0.2, 0.25) is 0 Å². The number of pyridine rings is 1. The molecular formula is C16H15N3S. The summed E-state index contributed by atoms with van der Waals surface area (Å²) >= 11 is 1.65. The number of benzene rings is 1. The van der Waals surface area contributed by atoms with Crippen molar-refractivity contribution in [3.63, 3.8) is 0 Å². The summed E-state index contributed by atoms with van der Waals surface area (Å²) in [7, 11) is 0. The molecule has 20 heavy (non-hydrogen) atoms. The molecule has 3 aromatic rings. The lowest BCUT2D eigenvalue weighted by Gasteiger charge is -2.09. The second kappa shape index (κ2) is 5.94. The van der Waals surface area contributed by atoms with Gasteiger partial charge >= 0.3 is 0 Å². The van der Waals surface area contributed by atoms with Gasteiger partial charge in [-0.15, -0.1) is 11.3 Å². The molecular weight excluding hydrogens is 266 g/mol. The van der Waals surface area contributed by atoms with Crippen molar-refractivity contribution < 1.29 is 0 Å². The SMILES string of the molecule is NC(Cc1csc(-c2ccncc2)n1)c1ccccc1. The Bertz CT molecular complexity index is 664. The van der Waals surface area contributed by atoms with E-state index in [1.54, 1.807) is 23.7 Å². The van der Waals surface area contributed by atoms with Gasteiger partial charge in [0.25, 0.3) is 0 Å². The third-order valence-corrected chi connectivity index (χ3v) is 4.08. The van der Waals surface area contributed by atoms with E-state index in [9.17, 15) is 0 Å². The molecule has 3 rings (SSSR count). The normalized spacial score (nSPS) is 12.2. The zero-order valence-electron chi connectivity index (χ0n) is 10.9. The van der Waals surface area contributed by atoms with Crippen LogP contribution in [0.1, 0.15) is 17.3 Å². The molecule has 0 amide bonds. The minimum atomic E-state index is -0.0106. The minimum Gasteiger partial charge on any atom is -0.324 e. The average Bonchev–Trinajstić information content (AvgIpc) is 2.97. The van der Waals surface area contributed by atoms with E-state index in [-0.39, 0.29) is 6.04 Å². The second-order valence-electron chi connectivity index (χ2n) is 4.60. The zero-order chi connectivity index (χ0) is 13.8. The number of hydrogen-bond donors (Lipinski definition) is 1. The third kappa shape index (κ3) is 2.92. The first-order valence-electron chi connectivity index (χ1n) is 6.48. The molecule has 100 valence electrons. The Morgan fingerprint density at radius 1 is 1.05 bits per heavy atom. The van der Waals surface area contributed by atoms with Crippen molar-refractivity contribution in [3.05, 3.63) is 71.5 Å². The molecule has 0 bridgehead atoms. The number of thiazole rings is 1. The highest BCUT2D eigenvalue weighted by atomic mass is 32.1. The van der Waals surface area contributed by atoms with Crippen molar-refractivity contribution in [2.45, 2.75) is 12.5 Å². The Balaban J connectivity index is 1.75. The van der Waals surface area contributed by atoms with Gasteiger partial charge in [0.15, 0.2) is 0 Å². The molecule has 2 heterocycles. The number of hydrogen-bond acceptors (Lipinski definition) is 4. The van der Waals surface area contributed by atoms with Crippen LogP contribution < -0.4 is 5.73 Å². The molecule has 0 aliphatic carbocycles. The second-order valence-corrected chi connectivity index (χ2v) is 5.46. The van der Waals surface area contributed by atoms with Crippen LogP contribution in [0.4, 0.5) is 0 Å². The first-order valence-corrected chi connectivity index (χ1v) is 7.36. The van der Waals surface area contributed by atoms with E-state index >= 15 is 0 Å². The summed E-state index contributed by atoms with van der Waals surface area (Å²) in [5.74, 6) is 0. The lowest BCUT2D eigenvalue weighted by atomic mass is 10.0. The van der Waals surface area contributed by atoms with E-state index in [4.69, 9.17) is 5.73 Å². The van der Waals surface area contributed by atoms with Gasteiger partial charge in [-0.1, -0.05) is 30.3 Å². The number of nitrogens with zero attached hydrogens (tertiary/aromatic N) is 2. The van der Waals surface area contributed by atoms with Gasteiger partial charge in [-0.3, -0.25) is 4.98 Å². The van der Waals surface area contributed by atoms with Crippen molar-refractivity contribution in [2.75, 3.05) is 0 Å². The molecule has 3 nitrogen and oxygen atoms in total. The van der Waals surface area contributed by atoms with Crippen molar-refractivity contribution in [1.29, 1.82) is 0 Å². The molecule has 1 unspecified atom stereocenters. The predicted octanol–water partition coefficient (Wildman–Crippen LogP) is 3.45. The van der Waals surface area contributed by atoms with Crippen LogP contribution in [0.25, 0.3) is 10.6 Å². The smallest absolute Gasteiger partial charge is 0.123 e. The molecule has 0 fully saturated rings. The summed E-state index contributed by atoms with van der Waals surface area (Å²) in [6.45, 7) is 0. The fourth-order valence-electron chi connectivity index (χ4n) is 2.07. The van der Waals surface area contributed by atoms with Crippen LogP contribution in [-0.2, 0) is 6.42 Å². The molecule has 4 heteroatoms. The Labute approximate surface area is 122 Å². The summed E-state index contributed by atoms with van der Waals surface area (Å²) in [4.78, 5) is 8.68. The fourth-order valence-corrected chi connectivity index (χ4v) is 2.91. The summed E-state index contributed by atoms with van der Waals surface area (Å²) in [5, 5.41) is 3.10. The van der Waals surface area contributed by atoms with Gasteiger partial charge in [0, 0.05) is 35.8 Å². The standard InChI is InChI=1S/C16H15N3S/c17-15(12-4-2-1-3-5-12)10-14-11-20-16(19-14)13-6-8-18-9-7-13/h1-9,11,15H,10,17H2. The third-order valence-electron chi connectivity index (χ3n) is 3.14. The Hall–Kier alpha value is -2.04. The van der Waals surface area contributed by atoms with Crippen molar-refractivity contribution in [1.82, 2.24) is 9.97 Å². The van der Waals surface area contributed by atoms with Crippen molar-refractivity contribution in [3.8, 4) is 10.6 Å². The molecule has 2 N–H and O–H groups in total. The number of aromatic nitrogens is 2. The highest BCUT2D eigenvalue weighted by molar-refractivity contribution is 7.13. The first kappa shape index (κ1) is 13.0. The van der Waals surface area contributed by atoms with Crippen LogP contribution in [0.5, 0.6) is 0 Å². The topological polar surface area (TPSA) is 51.8 Å². The van der Waals surface area contributed by atoms with Crippen LogP contribution in [0.2, 0.25) is 0 Å². The predicted molar refractivity (Wildman–Crippen MR) is 82.4 cm³/mol. The lowest BCUT2D eigenvalue weighted by Crippen LogP contribution is -2.13. The average molecular weight is 281 g/mol. The van der Waals surface area contributed by atoms with E-state index in [1.807, 2.05) is 30.3 Å². The Morgan fingerprint density at radius 2 is 1.80 bits per heavy atom. The van der Waals surface area contributed by atoms with E-state index in [2.05, 4.69) is 27.5 Å². The maximum atomic E-state index is 6.23. The molecule has 1 aromatic carbocycles. The van der Waals surface area contributed by atoms with Gasteiger partial charge in [-0.05, 0) is 17.7 Å². The summed E-state index contributed by atoms with van der Waals surface area (Å²) < 4.78 is 0. The van der Waals surface area contributed by atoms with Crippen LogP contribution >= 0.6 is 11.3 Å². The van der Waals surface area contributed by atoms with Crippen LogP contribution in [0, 0.1) is 0 Å². The number of nitrogens with two attached hydrogens (primary N) is 1. The minimum absolute atomic E-state index is 0.0106. The molecule has 0 radical (unpaired) electrons. The highest BCUT2D eigenvalue weighted by Gasteiger charge is 2.10. The van der Waals surface area contributed by atoms with Crippen LogP contribution in [-0.4, -0.2) is 9.97 Å². The van der Waals surface area contributed by atoms with Gasteiger partial charge in [0.1, 0.15) is 5.01 Å². The maximum Gasteiger partial charge on any atom is 0.123 e. The van der Waals surface area contributed by atoms with E-state index in [1.165, 1.54) is 0 Å². The molecule has 0 spiro atoms. The lowest BCUT2D eigenvalue weighted by molar-refractivity contribution is 0.710. The van der Waals surface area contributed by atoms with E-state index in [0.29, 0.717) is 0 Å². The summed E-state index contributed by atoms with van der Waals surface area (Å²) in [6.07, 6.45) is 4.32. The molecule has 0 saturated heterocycles. The highest BCUT2D eigenvalue weighted by Crippen LogP contribution is 2.25. The first-order chi connectivity index (χ1) is 9.83. The maximum absolute atomic E-state index is 6.23. The molecule has 2 aromatic heterocycles. The molecule has 0 saturated carbocycles. The van der Waals surface area contributed by atoms with E-state index < -0.39 is 0 Å². The zero-order valence-corrected chi connectivity index (χ0v) is 11.8.